The molecule has 1 aliphatic rings. The number of nitrogens with one attached hydrogen (secondary N) is 1. The van der Waals surface area contributed by atoms with Crippen molar-refractivity contribution in [3.05, 3.63) is 29.6 Å². The maximum Gasteiger partial charge on any atom is 0.254 e. The Morgan fingerprint density at radius 1 is 1.36 bits per heavy atom. The van der Waals surface area contributed by atoms with E-state index in [1.54, 1.807) is 0 Å². The maximum atomic E-state index is 13.8. The van der Waals surface area contributed by atoms with Crippen LogP contribution < -0.4 is 5.32 Å². The molecule has 0 spiro atoms. The molecule has 1 heterocycles. The Hall–Kier alpha value is -1.51. The minimum absolute atomic E-state index is 0.0857. The summed E-state index contributed by atoms with van der Waals surface area (Å²) in [6.45, 7) is 3.41. The molecule has 0 bridgehead atoms. The number of hydrogen-bond donors (Lipinski definition) is 1. The molecule has 6 nitrogen and oxygen atoms in total. The lowest BCUT2D eigenvalue weighted by atomic mass is 10.2. The van der Waals surface area contributed by atoms with Crippen LogP contribution in [0.2, 0.25) is 0 Å². The Labute approximate surface area is 129 Å². The summed E-state index contributed by atoms with van der Waals surface area (Å²) >= 11 is 0. The van der Waals surface area contributed by atoms with Gasteiger partial charge in [0.2, 0.25) is 10.0 Å². The van der Waals surface area contributed by atoms with Crippen molar-refractivity contribution < 1.29 is 22.3 Å². The SMILES string of the molecule is CCCNC(=O)c1cc(S(=O)(=O)N2CCOCC2)ccc1F. The number of carbonyl (C=O) groups excluding carboxylic acids is 1. The largest absolute Gasteiger partial charge is 0.379 e. The smallest absolute Gasteiger partial charge is 0.254 e. The van der Waals surface area contributed by atoms with Gasteiger partial charge < -0.3 is 10.1 Å². The van der Waals surface area contributed by atoms with Crippen LogP contribution >= 0.6 is 0 Å². The minimum atomic E-state index is -3.75. The van der Waals surface area contributed by atoms with Gasteiger partial charge in [0, 0.05) is 19.6 Å². The fourth-order valence-electron chi connectivity index (χ4n) is 2.11. The third kappa shape index (κ3) is 3.63. The monoisotopic (exact) mass is 330 g/mol. The molecule has 1 saturated heterocycles. The molecule has 1 fully saturated rings. The molecule has 1 N–H and O–H groups in total. The zero-order chi connectivity index (χ0) is 16.2. The molecule has 122 valence electrons. The van der Waals surface area contributed by atoms with Crippen LogP contribution in [0.4, 0.5) is 4.39 Å². The van der Waals surface area contributed by atoms with Gasteiger partial charge in [-0.1, -0.05) is 6.92 Å². The summed E-state index contributed by atoms with van der Waals surface area (Å²) in [5, 5.41) is 2.54. The molecule has 0 atom stereocenters. The first kappa shape index (κ1) is 16.9. The third-order valence-corrected chi connectivity index (χ3v) is 5.22. The molecule has 0 saturated carbocycles. The standard InChI is InChI=1S/C14H19FN2O4S/c1-2-5-16-14(18)12-10-11(3-4-13(12)15)22(19,20)17-6-8-21-9-7-17/h3-4,10H,2,5-9H2,1H3,(H,16,18). The second kappa shape index (κ2) is 7.17. The van der Waals surface area contributed by atoms with Crippen molar-refractivity contribution in [1.82, 2.24) is 9.62 Å². The number of carbonyl (C=O) groups is 1. The van der Waals surface area contributed by atoms with Crippen molar-refractivity contribution in [3.8, 4) is 0 Å². The quantitative estimate of drug-likeness (QED) is 0.873. The lowest BCUT2D eigenvalue weighted by Gasteiger charge is -2.26. The van der Waals surface area contributed by atoms with Gasteiger partial charge in [-0.15, -0.1) is 0 Å². The highest BCUT2D eigenvalue weighted by Gasteiger charge is 2.27. The van der Waals surface area contributed by atoms with Gasteiger partial charge in [-0.3, -0.25) is 4.79 Å². The van der Waals surface area contributed by atoms with Crippen molar-refractivity contribution in [2.24, 2.45) is 0 Å². The average Bonchev–Trinajstić information content (AvgIpc) is 2.53. The first-order valence-electron chi connectivity index (χ1n) is 7.12. The van der Waals surface area contributed by atoms with Crippen LogP contribution in [0.1, 0.15) is 23.7 Å². The fraction of sp³-hybridized carbons (Fsp3) is 0.500. The van der Waals surface area contributed by atoms with E-state index >= 15 is 0 Å². The number of nitrogens with zero attached hydrogens (tertiary/aromatic N) is 1. The number of sulfonamides is 1. The Bertz CT molecular complexity index is 642. The average molecular weight is 330 g/mol. The summed E-state index contributed by atoms with van der Waals surface area (Å²) in [7, 11) is -3.75. The number of ether oxygens (including phenoxy) is 1. The lowest BCUT2D eigenvalue weighted by molar-refractivity contribution is 0.0730. The first-order valence-corrected chi connectivity index (χ1v) is 8.56. The molecule has 0 aliphatic carbocycles. The Balaban J connectivity index is 2.30. The normalized spacial score (nSPS) is 16.5. The van der Waals surface area contributed by atoms with Crippen molar-refractivity contribution in [2.45, 2.75) is 18.2 Å². The topological polar surface area (TPSA) is 75.7 Å². The van der Waals surface area contributed by atoms with Crippen LogP contribution in [0.25, 0.3) is 0 Å². The summed E-state index contributed by atoms with van der Waals surface area (Å²) < 4.78 is 45.2. The zero-order valence-electron chi connectivity index (χ0n) is 12.3. The number of morpholine rings is 1. The highest BCUT2D eigenvalue weighted by Crippen LogP contribution is 2.20. The predicted molar refractivity (Wildman–Crippen MR) is 78.6 cm³/mol. The summed E-state index contributed by atoms with van der Waals surface area (Å²) in [5.41, 5.74) is -0.261. The molecule has 1 amide bonds. The number of halogens is 1. The van der Waals surface area contributed by atoms with E-state index in [-0.39, 0.29) is 23.5 Å². The van der Waals surface area contributed by atoms with Gasteiger partial charge in [-0.25, -0.2) is 12.8 Å². The van der Waals surface area contributed by atoms with E-state index in [1.165, 1.54) is 10.4 Å². The van der Waals surface area contributed by atoms with Crippen LogP contribution in [0.5, 0.6) is 0 Å². The Morgan fingerprint density at radius 3 is 2.68 bits per heavy atom. The molecule has 8 heteroatoms. The number of amides is 1. The Morgan fingerprint density at radius 2 is 2.05 bits per heavy atom. The van der Waals surface area contributed by atoms with Crippen LogP contribution in [0, 0.1) is 5.82 Å². The van der Waals surface area contributed by atoms with Gasteiger partial charge in [0.15, 0.2) is 0 Å². The fourth-order valence-corrected chi connectivity index (χ4v) is 3.54. The molecule has 0 unspecified atom stereocenters. The molecule has 0 radical (unpaired) electrons. The molecule has 0 aromatic heterocycles. The summed E-state index contributed by atoms with van der Waals surface area (Å²) in [6.07, 6.45) is 0.707. The second-order valence-electron chi connectivity index (χ2n) is 4.91. The van der Waals surface area contributed by atoms with Crippen molar-refractivity contribution in [3.63, 3.8) is 0 Å². The lowest BCUT2D eigenvalue weighted by Crippen LogP contribution is -2.40. The number of benzene rings is 1. The predicted octanol–water partition coefficient (Wildman–Crippen LogP) is 0.986. The molecule has 2 rings (SSSR count). The van der Waals surface area contributed by atoms with Crippen LogP contribution in [-0.2, 0) is 14.8 Å². The molecular formula is C14H19FN2O4S. The maximum absolute atomic E-state index is 13.8. The van der Waals surface area contributed by atoms with Gasteiger partial charge in [0.1, 0.15) is 5.82 Å². The van der Waals surface area contributed by atoms with Crippen LogP contribution in [0.15, 0.2) is 23.1 Å². The zero-order valence-corrected chi connectivity index (χ0v) is 13.2. The summed E-state index contributed by atoms with van der Waals surface area (Å²) in [6, 6.07) is 3.27. The van der Waals surface area contributed by atoms with Crippen LogP contribution in [-0.4, -0.2) is 51.5 Å². The van der Waals surface area contributed by atoms with E-state index in [1.807, 2.05) is 6.92 Å². The van der Waals surface area contributed by atoms with Gasteiger partial charge in [-0.2, -0.15) is 4.31 Å². The highest BCUT2D eigenvalue weighted by molar-refractivity contribution is 7.89. The number of hydrogen-bond acceptors (Lipinski definition) is 4. The van der Waals surface area contributed by atoms with Gasteiger partial charge in [-0.05, 0) is 24.6 Å². The van der Waals surface area contributed by atoms with E-state index in [0.717, 1.165) is 12.1 Å². The van der Waals surface area contributed by atoms with Crippen LogP contribution in [0.3, 0.4) is 0 Å². The first-order chi connectivity index (χ1) is 10.5. The van der Waals surface area contributed by atoms with Crippen molar-refractivity contribution >= 4 is 15.9 Å². The summed E-state index contributed by atoms with van der Waals surface area (Å²) in [4.78, 5) is 11.8. The molecule has 1 aromatic rings. The molecular weight excluding hydrogens is 311 g/mol. The molecule has 1 aromatic carbocycles. The van der Waals surface area contributed by atoms with E-state index < -0.39 is 21.7 Å². The second-order valence-corrected chi connectivity index (χ2v) is 6.85. The van der Waals surface area contributed by atoms with E-state index in [0.29, 0.717) is 26.2 Å². The van der Waals surface area contributed by atoms with Gasteiger partial charge in [0.25, 0.3) is 5.91 Å². The van der Waals surface area contributed by atoms with Gasteiger partial charge in [0.05, 0.1) is 23.7 Å². The minimum Gasteiger partial charge on any atom is -0.379 e. The molecule has 22 heavy (non-hydrogen) atoms. The third-order valence-electron chi connectivity index (χ3n) is 3.33. The molecule has 1 aliphatic heterocycles. The highest BCUT2D eigenvalue weighted by atomic mass is 32.2. The summed E-state index contributed by atoms with van der Waals surface area (Å²) in [5.74, 6) is -1.35. The van der Waals surface area contributed by atoms with E-state index in [2.05, 4.69) is 5.32 Å². The number of rotatable bonds is 5. The van der Waals surface area contributed by atoms with E-state index in [4.69, 9.17) is 4.74 Å². The van der Waals surface area contributed by atoms with Crippen molar-refractivity contribution in [2.75, 3.05) is 32.8 Å². The Kier molecular flexibility index (Phi) is 5.49. The van der Waals surface area contributed by atoms with Crippen molar-refractivity contribution in [1.29, 1.82) is 0 Å². The van der Waals surface area contributed by atoms with Gasteiger partial charge >= 0.3 is 0 Å². The van der Waals surface area contributed by atoms with E-state index in [9.17, 15) is 17.6 Å².